The molecule has 0 bridgehead atoms. The summed E-state index contributed by atoms with van der Waals surface area (Å²) in [5, 5.41) is 0. The van der Waals surface area contributed by atoms with Crippen LogP contribution in [0.15, 0.2) is 42.5 Å². The van der Waals surface area contributed by atoms with Gasteiger partial charge in [0.25, 0.3) is 5.91 Å². The highest BCUT2D eigenvalue weighted by Crippen LogP contribution is 2.41. The van der Waals surface area contributed by atoms with Crippen LogP contribution in [0, 0.1) is 12.8 Å². The average Bonchev–Trinajstić information content (AvgIpc) is 3.72. The highest BCUT2D eigenvalue weighted by atomic mass is 16.5. The zero-order valence-electron chi connectivity index (χ0n) is 20.2. The van der Waals surface area contributed by atoms with E-state index in [0.717, 1.165) is 36.9 Å². The van der Waals surface area contributed by atoms with Crippen molar-refractivity contribution in [1.29, 1.82) is 0 Å². The van der Waals surface area contributed by atoms with E-state index in [0.29, 0.717) is 38.5 Å². The second-order valence-corrected chi connectivity index (χ2v) is 9.68. The number of hydrogen-bond acceptors (Lipinski definition) is 4. The molecule has 1 saturated carbocycles. The number of carbonyl (C=O) groups is 2. The highest BCUT2D eigenvalue weighted by Gasteiger charge is 2.39. The Morgan fingerprint density at radius 3 is 2.47 bits per heavy atom. The first-order chi connectivity index (χ1) is 16.5. The topological polar surface area (TPSA) is 59.1 Å². The highest BCUT2D eigenvalue weighted by molar-refractivity contribution is 5.82. The van der Waals surface area contributed by atoms with Crippen LogP contribution in [0.2, 0.25) is 0 Å². The van der Waals surface area contributed by atoms with Crippen molar-refractivity contribution in [3.05, 3.63) is 64.7 Å². The quantitative estimate of drug-likeness (QED) is 0.654. The van der Waals surface area contributed by atoms with Crippen LogP contribution in [0.3, 0.4) is 0 Å². The molecular weight excluding hydrogens is 428 g/mol. The number of nitrogens with zero attached hydrogens (tertiary/aromatic N) is 2. The number of amides is 2. The average molecular weight is 463 g/mol. The lowest BCUT2D eigenvalue weighted by Gasteiger charge is -2.38. The molecule has 2 fully saturated rings. The van der Waals surface area contributed by atoms with Crippen molar-refractivity contribution in [2.75, 3.05) is 32.8 Å². The lowest BCUT2D eigenvalue weighted by Crippen LogP contribution is -2.47. The molecule has 2 atom stereocenters. The van der Waals surface area contributed by atoms with Gasteiger partial charge in [0.2, 0.25) is 5.91 Å². The maximum absolute atomic E-state index is 13.2. The molecular formula is C28H34N2O4. The number of morpholine rings is 1. The normalized spacial score (nSPS) is 21.1. The molecule has 0 radical (unpaired) electrons. The predicted octanol–water partition coefficient (Wildman–Crippen LogP) is 3.90. The van der Waals surface area contributed by atoms with Crippen molar-refractivity contribution in [2.24, 2.45) is 5.92 Å². The molecule has 0 unspecified atom stereocenters. The minimum atomic E-state index is -0.526. The molecule has 3 aliphatic rings. The third kappa shape index (κ3) is 4.69. The van der Waals surface area contributed by atoms with Crippen molar-refractivity contribution in [2.45, 2.75) is 51.7 Å². The van der Waals surface area contributed by atoms with Gasteiger partial charge in [-0.3, -0.25) is 9.59 Å². The van der Waals surface area contributed by atoms with E-state index in [-0.39, 0.29) is 23.8 Å². The molecule has 2 aromatic rings. The van der Waals surface area contributed by atoms with Gasteiger partial charge >= 0.3 is 0 Å². The minimum Gasteiger partial charge on any atom is -0.481 e. The molecule has 2 aliphatic heterocycles. The maximum Gasteiger partial charge on any atom is 0.263 e. The molecule has 2 amide bonds. The van der Waals surface area contributed by atoms with E-state index in [1.54, 1.807) is 0 Å². The summed E-state index contributed by atoms with van der Waals surface area (Å²) in [6.07, 6.45) is 2.89. The smallest absolute Gasteiger partial charge is 0.263 e. The van der Waals surface area contributed by atoms with Crippen LogP contribution >= 0.6 is 0 Å². The molecule has 0 spiro atoms. The zero-order chi connectivity index (χ0) is 23.7. The van der Waals surface area contributed by atoms with Gasteiger partial charge in [-0.1, -0.05) is 42.8 Å². The Morgan fingerprint density at radius 1 is 1.06 bits per heavy atom. The Bertz CT molecular complexity index is 1040. The maximum atomic E-state index is 13.2. The van der Waals surface area contributed by atoms with Gasteiger partial charge < -0.3 is 19.3 Å². The van der Waals surface area contributed by atoms with Crippen molar-refractivity contribution in [1.82, 2.24) is 9.80 Å². The first-order valence-electron chi connectivity index (χ1n) is 12.6. The molecule has 6 heteroatoms. The van der Waals surface area contributed by atoms with Crippen LogP contribution in [-0.4, -0.2) is 60.6 Å². The summed E-state index contributed by atoms with van der Waals surface area (Å²) in [4.78, 5) is 30.2. The fourth-order valence-electron chi connectivity index (χ4n) is 5.04. The number of rotatable bonds is 6. The fourth-order valence-corrected chi connectivity index (χ4v) is 5.04. The van der Waals surface area contributed by atoms with Gasteiger partial charge in [0, 0.05) is 25.6 Å². The van der Waals surface area contributed by atoms with Crippen molar-refractivity contribution >= 4 is 11.8 Å². The Kier molecular flexibility index (Phi) is 6.59. The summed E-state index contributed by atoms with van der Waals surface area (Å²) in [6.45, 7) is 7.15. The first kappa shape index (κ1) is 22.9. The summed E-state index contributed by atoms with van der Waals surface area (Å²) in [6, 6.07) is 14.5. The molecule has 2 aromatic carbocycles. The Hall–Kier alpha value is -2.86. The number of fused-ring (bicyclic) bond motifs is 1. The number of carbonyl (C=O) groups excluding carboxylic acids is 2. The second-order valence-electron chi connectivity index (χ2n) is 9.68. The molecule has 2 heterocycles. The van der Waals surface area contributed by atoms with Gasteiger partial charge in [0.15, 0.2) is 6.10 Å². The number of ether oxygens (including phenoxy) is 2. The zero-order valence-corrected chi connectivity index (χ0v) is 20.2. The van der Waals surface area contributed by atoms with Crippen LogP contribution in [0.25, 0.3) is 0 Å². The third-order valence-corrected chi connectivity index (χ3v) is 7.20. The molecule has 34 heavy (non-hydrogen) atoms. The van der Waals surface area contributed by atoms with E-state index >= 15 is 0 Å². The Labute approximate surface area is 201 Å². The fraction of sp³-hybridized carbons (Fsp3) is 0.500. The SMILES string of the molecule is CC[C@H](Oc1ccc2c(c1)[C@H](c1ccc(C)cc1)N(C(=O)C1CC1)CC2)C(=O)N1CCOCC1. The molecule has 5 rings (SSSR count). The van der Waals surface area contributed by atoms with E-state index in [1.807, 2.05) is 17.9 Å². The largest absolute Gasteiger partial charge is 0.481 e. The number of benzene rings is 2. The van der Waals surface area contributed by atoms with Gasteiger partial charge in [-0.15, -0.1) is 0 Å². The monoisotopic (exact) mass is 462 g/mol. The summed E-state index contributed by atoms with van der Waals surface area (Å²) in [5.41, 5.74) is 4.67. The minimum absolute atomic E-state index is 0.0177. The van der Waals surface area contributed by atoms with E-state index in [1.165, 1.54) is 11.1 Å². The third-order valence-electron chi connectivity index (χ3n) is 7.20. The Morgan fingerprint density at radius 2 is 1.79 bits per heavy atom. The van der Waals surface area contributed by atoms with Gasteiger partial charge in [-0.2, -0.15) is 0 Å². The van der Waals surface area contributed by atoms with Crippen molar-refractivity contribution in [3.63, 3.8) is 0 Å². The predicted molar refractivity (Wildman–Crippen MR) is 130 cm³/mol. The van der Waals surface area contributed by atoms with E-state index < -0.39 is 6.10 Å². The van der Waals surface area contributed by atoms with Crippen LogP contribution in [0.1, 0.15) is 54.5 Å². The lowest BCUT2D eigenvalue weighted by molar-refractivity contribution is -0.143. The summed E-state index contributed by atoms with van der Waals surface area (Å²) in [7, 11) is 0. The lowest BCUT2D eigenvalue weighted by atomic mass is 9.87. The second kappa shape index (κ2) is 9.79. The standard InChI is InChI=1S/C28H34N2O4/c1-3-25(28(32)29-14-16-33-17-15-29)34-23-11-10-20-12-13-30(27(31)22-8-9-22)26(24(20)18-23)21-6-4-19(2)5-7-21/h4-7,10-11,18,22,25-26H,3,8-9,12-17H2,1-2H3/t25-,26-/m0/s1. The molecule has 6 nitrogen and oxygen atoms in total. The van der Waals surface area contributed by atoms with E-state index in [2.05, 4.69) is 48.2 Å². The van der Waals surface area contributed by atoms with Crippen LogP contribution in [0.4, 0.5) is 0 Å². The van der Waals surface area contributed by atoms with Crippen LogP contribution in [0.5, 0.6) is 5.75 Å². The number of aryl methyl sites for hydroxylation is 1. The molecule has 1 aliphatic carbocycles. The molecule has 0 aromatic heterocycles. The summed E-state index contributed by atoms with van der Waals surface area (Å²) in [5.74, 6) is 1.13. The molecule has 180 valence electrons. The first-order valence-corrected chi connectivity index (χ1v) is 12.6. The van der Waals surface area contributed by atoms with Gasteiger partial charge in [0.05, 0.1) is 19.3 Å². The molecule has 1 saturated heterocycles. The summed E-state index contributed by atoms with van der Waals surface area (Å²) < 4.78 is 11.7. The van der Waals surface area contributed by atoms with Gasteiger partial charge in [-0.05, 0) is 61.4 Å². The Balaban J connectivity index is 1.44. The van der Waals surface area contributed by atoms with Crippen LogP contribution in [-0.2, 0) is 20.7 Å². The van der Waals surface area contributed by atoms with Crippen LogP contribution < -0.4 is 4.74 Å². The van der Waals surface area contributed by atoms with E-state index in [4.69, 9.17) is 9.47 Å². The van der Waals surface area contributed by atoms with Gasteiger partial charge in [-0.25, -0.2) is 0 Å². The summed E-state index contributed by atoms with van der Waals surface area (Å²) >= 11 is 0. The van der Waals surface area contributed by atoms with Crippen molar-refractivity contribution < 1.29 is 19.1 Å². The van der Waals surface area contributed by atoms with Gasteiger partial charge in [0.1, 0.15) is 5.75 Å². The van der Waals surface area contributed by atoms with E-state index in [9.17, 15) is 9.59 Å². The van der Waals surface area contributed by atoms with Crippen molar-refractivity contribution in [3.8, 4) is 5.75 Å². The molecule has 0 N–H and O–H groups in total. The number of hydrogen-bond donors (Lipinski definition) is 0.